The van der Waals surface area contributed by atoms with E-state index in [0.717, 1.165) is 19.4 Å². The summed E-state index contributed by atoms with van der Waals surface area (Å²) in [6.07, 6.45) is 9.01. The number of likely N-dealkylation sites (tertiary alicyclic amines) is 1. The molecule has 0 aromatic carbocycles. The largest absolute Gasteiger partial charge is 0.338 e. The van der Waals surface area contributed by atoms with Crippen LogP contribution in [0.1, 0.15) is 38.5 Å². The normalized spacial score (nSPS) is 26.1. The third kappa shape index (κ3) is 2.65. The maximum Gasteiger partial charge on any atom is 0.250 e. The number of rotatable bonds is 2. The van der Waals surface area contributed by atoms with Crippen LogP contribution >= 0.6 is 0 Å². The molecule has 1 aromatic rings. The maximum absolute atomic E-state index is 12.5. The van der Waals surface area contributed by atoms with Gasteiger partial charge in [0.05, 0.1) is 0 Å². The molecule has 3 rings (SSSR count). The van der Waals surface area contributed by atoms with Crippen molar-refractivity contribution in [2.45, 2.75) is 51.1 Å². The van der Waals surface area contributed by atoms with E-state index in [-0.39, 0.29) is 18.0 Å². The van der Waals surface area contributed by atoms with Crippen LogP contribution in [0.3, 0.4) is 0 Å². The summed E-state index contributed by atoms with van der Waals surface area (Å²) in [6, 6.07) is 5.44. The fourth-order valence-electron chi connectivity index (χ4n) is 3.76. The van der Waals surface area contributed by atoms with Crippen molar-refractivity contribution in [1.82, 2.24) is 9.47 Å². The van der Waals surface area contributed by atoms with Crippen LogP contribution in [0.15, 0.2) is 29.2 Å². The topological polar surface area (TPSA) is 42.3 Å². The van der Waals surface area contributed by atoms with Crippen molar-refractivity contribution in [3.05, 3.63) is 34.7 Å². The van der Waals surface area contributed by atoms with Crippen molar-refractivity contribution in [2.24, 2.45) is 5.92 Å². The van der Waals surface area contributed by atoms with E-state index in [2.05, 4.69) is 0 Å². The van der Waals surface area contributed by atoms with Crippen molar-refractivity contribution in [1.29, 1.82) is 0 Å². The standard InChI is InChI=1S/C16H22N2O2/c19-15-9-3-4-10-17(15)12-16(20)18-11-5-7-13-6-1-2-8-14(13)18/h3-4,9-10,13-14H,1-2,5-8,11-12H2. The van der Waals surface area contributed by atoms with Gasteiger partial charge in [-0.05, 0) is 37.7 Å². The molecule has 4 nitrogen and oxygen atoms in total. The molecule has 1 aliphatic heterocycles. The molecule has 1 saturated carbocycles. The summed E-state index contributed by atoms with van der Waals surface area (Å²) in [5, 5.41) is 0. The van der Waals surface area contributed by atoms with Crippen LogP contribution in [-0.4, -0.2) is 28.0 Å². The molecule has 1 amide bonds. The molecule has 1 saturated heterocycles. The molecule has 1 aliphatic carbocycles. The molecule has 0 bridgehead atoms. The van der Waals surface area contributed by atoms with Crippen LogP contribution in [0.5, 0.6) is 0 Å². The Balaban J connectivity index is 1.73. The van der Waals surface area contributed by atoms with Gasteiger partial charge in [-0.25, -0.2) is 0 Å². The van der Waals surface area contributed by atoms with E-state index in [9.17, 15) is 9.59 Å². The third-order valence-corrected chi connectivity index (χ3v) is 4.77. The predicted octanol–water partition coefficient (Wildman–Crippen LogP) is 2.03. The lowest BCUT2D eigenvalue weighted by molar-refractivity contribution is -0.138. The van der Waals surface area contributed by atoms with Crippen LogP contribution in [0.2, 0.25) is 0 Å². The lowest BCUT2D eigenvalue weighted by Gasteiger charge is -2.44. The molecule has 2 aliphatic rings. The predicted molar refractivity (Wildman–Crippen MR) is 77.4 cm³/mol. The van der Waals surface area contributed by atoms with E-state index in [1.165, 1.54) is 36.3 Å². The fourth-order valence-corrected chi connectivity index (χ4v) is 3.76. The third-order valence-electron chi connectivity index (χ3n) is 4.77. The lowest BCUT2D eigenvalue weighted by Crippen LogP contribution is -2.51. The van der Waals surface area contributed by atoms with Crippen molar-refractivity contribution < 1.29 is 4.79 Å². The molecule has 1 aromatic heterocycles. The summed E-state index contributed by atoms with van der Waals surface area (Å²) in [4.78, 5) is 26.3. The van der Waals surface area contributed by atoms with Gasteiger partial charge in [0.25, 0.3) is 5.56 Å². The number of fused-ring (bicyclic) bond motifs is 1. The number of nitrogens with zero attached hydrogens (tertiary/aromatic N) is 2. The van der Waals surface area contributed by atoms with Gasteiger partial charge >= 0.3 is 0 Å². The SMILES string of the molecule is O=C(Cn1ccccc1=O)N1CCCC2CCCCC21. The molecule has 108 valence electrons. The van der Waals surface area contributed by atoms with Crippen molar-refractivity contribution in [2.75, 3.05) is 6.54 Å². The summed E-state index contributed by atoms with van der Waals surface area (Å²) in [6.45, 7) is 1.05. The minimum absolute atomic E-state index is 0.0990. The first-order valence-electron chi connectivity index (χ1n) is 7.70. The summed E-state index contributed by atoms with van der Waals surface area (Å²) in [5.74, 6) is 0.795. The van der Waals surface area contributed by atoms with Crippen LogP contribution in [0.25, 0.3) is 0 Å². The first kappa shape index (κ1) is 13.4. The van der Waals surface area contributed by atoms with Gasteiger partial charge in [0.2, 0.25) is 5.91 Å². The molecule has 2 fully saturated rings. The molecule has 20 heavy (non-hydrogen) atoms. The second-order valence-electron chi connectivity index (χ2n) is 6.01. The number of hydrogen-bond acceptors (Lipinski definition) is 2. The van der Waals surface area contributed by atoms with E-state index in [1.54, 1.807) is 18.3 Å². The first-order valence-corrected chi connectivity index (χ1v) is 7.70. The van der Waals surface area contributed by atoms with E-state index in [4.69, 9.17) is 0 Å². The highest BCUT2D eigenvalue weighted by Crippen LogP contribution is 2.35. The van der Waals surface area contributed by atoms with Crippen LogP contribution in [0, 0.1) is 5.92 Å². The van der Waals surface area contributed by atoms with Gasteiger partial charge in [0, 0.05) is 24.8 Å². The van der Waals surface area contributed by atoms with Crippen LogP contribution < -0.4 is 5.56 Å². The molecule has 0 radical (unpaired) electrons. The van der Waals surface area contributed by atoms with Gasteiger partial charge < -0.3 is 9.47 Å². The van der Waals surface area contributed by atoms with Crippen LogP contribution in [-0.2, 0) is 11.3 Å². The minimum atomic E-state index is -0.0990. The molecular weight excluding hydrogens is 252 g/mol. The summed E-state index contributed by atoms with van der Waals surface area (Å²) >= 11 is 0. The maximum atomic E-state index is 12.5. The Hall–Kier alpha value is -1.58. The molecule has 2 unspecified atom stereocenters. The van der Waals surface area contributed by atoms with Gasteiger partial charge in [0.15, 0.2) is 0 Å². The first-order chi connectivity index (χ1) is 9.75. The molecule has 4 heteroatoms. The van der Waals surface area contributed by atoms with Gasteiger partial charge in [-0.2, -0.15) is 0 Å². The number of carbonyl (C=O) groups excluding carboxylic acids is 1. The van der Waals surface area contributed by atoms with Crippen molar-refractivity contribution >= 4 is 5.91 Å². The fraction of sp³-hybridized carbons (Fsp3) is 0.625. The number of hydrogen-bond donors (Lipinski definition) is 0. The zero-order chi connectivity index (χ0) is 13.9. The second kappa shape index (κ2) is 5.81. The average Bonchev–Trinajstić information content (AvgIpc) is 2.49. The highest BCUT2D eigenvalue weighted by atomic mass is 16.2. The Kier molecular flexibility index (Phi) is 3.90. The lowest BCUT2D eigenvalue weighted by atomic mass is 9.78. The number of amides is 1. The number of aromatic nitrogens is 1. The van der Waals surface area contributed by atoms with E-state index < -0.39 is 0 Å². The van der Waals surface area contributed by atoms with E-state index in [1.807, 2.05) is 4.90 Å². The van der Waals surface area contributed by atoms with Crippen LogP contribution in [0.4, 0.5) is 0 Å². The van der Waals surface area contributed by atoms with Crippen molar-refractivity contribution in [3.8, 4) is 0 Å². The monoisotopic (exact) mass is 274 g/mol. The highest BCUT2D eigenvalue weighted by molar-refractivity contribution is 5.76. The molecule has 2 heterocycles. The Morgan fingerprint density at radius 1 is 1.15 bits per heavy atom. The van der Waals surface area contributed by atoms with E-state index >= 15 is 0 Å². The van der Waals surface area contributed by atoms with Gasteiger partial charge in [-0.15, -0.1) is 0 Å². The molecule has 0 N–H and O–H groups in total. The molecule has 2 atom stereocenters. The van der Waals surface area contributed by atoms with Gasteiger partial charge in [0.1, 0.15) is 6.54 Å². The molecular formula is C16H22N2O2. The summed E-state index contributed by atoms with van der Waals surface area (Å²) < 4.78 is 1.51. The number of pyridine rings is 1. The summed E-state index contributed by atoms with van der Waals surface area (Å²) in [7, 11) is 0. The Labute approximate surface area is 119 Å². The number of piperidine rings is 1. The second-order valence-corrected chi connectivity index (χ2v) is 6.01. The Morgan fingerprint density at radius 2 is 1.95 bits per heavy atom. The average molecular weight is 274 g/mol. The van der Waals surface area contributed by atoms with Gasteiger partial charge in [-0.3, -0.25) is 9.59 Å². The molecule has 0 spiro atoms. The smallest absolute Gasteiger partial charge is 0.250 e. The van der Waals surface area contributed by atoms with Gasteiger partial charge in [-0.1, -0.05) is 18.9 Å². The zero-order valence-electron chi connectivity index (χ0n) is 11.8. The minimum Gasteiger partial charge on any atom is -0.338 e. The number of carbonyl (C=O) groups is 1. The Bertz CT molecular complexity index is 535. The summed E-state index contributed by atoms with van der Waals surface area (Å²) in [5.41, 5.74) is -0.0990. The van der Waals surface area contributed by atoms with E-state index in [0.29, 0.717) is 12.0 Å². The van der Waals surface area contributed by atoms with Crippen molar-refractivity contribution in [3.63, 3.8) is 0 Å². The zero-order valence-corrected chi connectivity index (χ0v) is 11.8. The highest BCUT2D eigenvalue weighted by Gasteiger charge is 2.35. The quantitative estimate of drug-likeness (QED) is 0.828. The Morgan fingerprint density at radius 3 is 2.80 bits per heavy atom.